The van der Waals surface area contributed by atoms with E-state index in [1.165, 1.54) is 48.8 Å². The molecule has 2 amide bonds. The van der Waals surface area contributed by atoms with Gasteiger partial charge in [0.25, 0.3) is 0 Å². The molecule has 110 valence electrons. The molecule has 1 heterocycles. The molecule has 1 aromatic heterocycles. The predicted molar refractivity (Wildman–Crippen MR) is 82.7 cm³/mol. The van der Waals surface area contributed by atoms with Crippen molar-refractivity contribution in [3.8, 4) is 0 Å². The normalized spacial score (nSPS) is 15.4. The molecule has 1 aliphatic carbocycles. The van der Waals surface area contributed by atoms with Gasteiger partial charge in [0, 0.05) is 17.6 Å². The number of hydrogen-bond donors (Lipinski definition) is 2. The minimum Gasteiger partial charge on any atom is -0.369 e. The minimum atomic E-state index is -0.324. The lowest BCUT2D eigenvalue weighted by Gasteiger charge is -2.07. The Morgan fingerprint density at radius 2 is 2.20 bits per heavy atom. The summed E-state index contributed by atoms with van der Waals surface area (Å²) in [4.78, 5) is 26.8. The van der Waals surface area contributed by atoms with Crippen molar-refractivity contribution in [1.29, 1.82) is 0 Å². The van der Waals surface area contributed by atoms with Gasteiger partial charge in [-0.05, 0) is 18.8 Å². The zero-order chi connectivity index (χ0) is 14.4. The number of carbonyl (C=O) groups excluding carboxylic acids is 2. The molecule has 1 saturated carbocycles. The fourth-order valence-corrected chi connectivity index (χ4v) is 3.83. The molecule has 0 radical (unpaired) electrons. The number of aromatic nitrogens is 1. The quantitative estimate of drug-likeness (QED) is 0.809. The maximum Gasteiger partial charge on any atom is 0.227 e. The first-order valence-electron chi connectivity index (χ1n) is 6.74. The standard InChI is InChI=1S/C13H19N3O2S2/c14-11(17)8-19-6-10-7-20-13(15-10)16-12(18)5-9-3-1-2-4-9/h7,9H,1-6,8H2,(H2,14,17)(H,15,16,18). The van der Waals surface area contributed by atoms with Crippen LogP contribution in [-0.4, -0.2) is 22.6 Å². The van der Waals surface area contributed by atoms with Gasteiger partial charge < -0.3 is 11.1 Å². The molecule has 0 saturated heterocycles. The highest BCUT2D eigenvalue weighted by Crippen LogP contribution is 2.28. The van der Waals surface area contributed by atoms with Gasteiger partial charge in [0.2, 0.25) is 11.8 Å². The molecule has 0 unspecified atom stereocenters. The fraction of sp³-hybridized carbons (Fsp3) is 0.615. The first kappa shape index (κ1) is 15.3. The summed E-state index contributed by atoms with van der Waals surface area (Å²) >= 11 is 2.85. The molecule has 0 bridgehead atoms. The number of carbonyl (C=O) groups is 2. The van der Waals surface area contributed by atoms with E-state index in [9.17, 15) is 9.59 Å². The Kier molecular flexibility index (Phi) is 5.85. The van der Waals surface area contributed by atoms with Crippen LogP contribution in [0.25, 0.3) is 0 Å². The van der Waals surface area contributed by atoms with Crippen LogP contribution in [0.4, 0.5) is 5.13 Å². The molecule has 2 rings (SSSR count). The number of rotatable bonds is 7. The Morgan fingerprint density at radius 1 is 1.45 bits per heavy atom. The maximum atomic E-state index is 11.9. The first-order valence-corrected chi connectivity index (χ1v) is 8.77. The van der Waals surface area contributed by atoms with Crippen LogP contribution < -0.4 is 11.1 Å². The smallest absolute Gasteiger partial charge is 0.227 e. The van der Waals surface area contributed by atoms with Crippen LogP contribution in [-0.2, 0) is 15.3 Å². The summed E-state index contributed by atoms with van der Waals surface area (Å²) in [6.07, 6.45) is 5.43. The van der Waals surface area contributed by atoms with Crippen molar-refractivity contribution in [2.45, 2.75) is 37.9 Å². The molecule has 0 aromatic carbocycles. The summed E-state index contributed by atoms with van der Waals surface area (Å²) in [6, 6.07) is 0. The van der Waals surface area contributed by atoms with Crippen molar-refractivity contribution in [2.75, 3.05) is 11.1 Å². The number of thioether (sulfide) groups is 1. The minimum absolute atomic E-state index is 0.0580. The first-order chi connectivity index (χ1) is 9.63. The summed E-state index contributed by atoms with van der Waals surface area (Å²) in [5.74, 6) is 1.21. The number of nitrogens with one attached hydrogen (secondary N) is 1. The van der Waals surface area contributed by atoms with Crippen LogP contribution in [0.5, 0.6) is 0 Å². The molecule has 7 heteroatoms. The molecule has 0 spiro atoms. The van der Waals surface area contributed by atoms with Gasteiger partial charge in [0.05, 0.1) is 11.4 Å². The van der Waals surface area contributed by atoms with Gasteiger partial charge in [-0.3, -0.25) is 9.59 Å². The third-order valence-electron chi connectivity index (χ3n) is 3.24. The van der Waals surface area contributed by atoms with E-state index in [0.29, 0.717) is 29.0 Å². The van der Waals surface area contributed by atoms with E-state index in [-0.39, 0.29) is 11.8 Å². The zero-order valence-electron chi connectivity index (χ0n) is 11.3. The highest BCUT2D eigenvalue weighted by molar-refractivity contribution is 7.99. The Hall–Kier alpha value is -1.08. The molecule has 0 atom stereocenters. The second-order valence-electron chi connectivity index (χ2n) is 5.01. The molecular formula is C13H19N3O2S2. The summed E-state index contributed by atoms with van der Waals surface area (Å²) < 4.78 is 0. The Labute approximate surface area is 126 Å². The van der Waals surface area contributed by atoms with Gasteiger partial charge in [-0.1, -0.05) is 12.8 Å². The number of amides is 2. The number of primary amides is 1. The van der Waals surface area contributed by atoms with Crippen LogP contribution in [0.3, 0.4) is 0 Å². The van der Waals surface area contributed by atoms with Gasteiger partial charge in [-0.2, -0.15) is 0 Å². The predicted octanol–water partition coefficient (Wildman–Crippen LogP) is 2.38. The molecule has 1 aromatic rings. The van der Waals surface area contributed by atoms with Gasteiger partial charge in [0.15, 0.2) is 5.13 Å². The SMILES string of the molecule is NC(=O)CSCc1csc(NC(=O)CC2CCCC2)n1. The monoisotopic (exact) mass is 313 g/mol. The third-order valence-corrected chi connectivity index (χ3v) is 5.04. The van der Waals surface area contributed by atoms with Gasteiger partial charge in [-0.25, -0.2) is 4.98 Å². The van der Waals surface area contributed by atoms with Crippen molar-refractivity contribution < 1.29 is 9.59 Å². The lowest BCUT2D eigenvalue weighted by molar-refractivity contribution is -0.117. The van der Waals surface area contributed by atoms with E-state index in [1.807, 2.05) is 5.38 Å². The van der Waals surface area contributed by atoms with E-state index < -0.39 is 0 Å². The number of thiazole rings is 1. The molecule has 3 N–H and O–H groups in total. The topological polar surface area (TPSA) is 85.1 Å². The number of hydrogen-bond acceptors (Lipinski definition) is 5. The molecule has 0 aliphatic heterocycles. The Bertz CT molecular complexity index is 470. The third kappa shape index (κ3) is 5.13. The summed E-state index contributed by atoms with van der Waals surface area (Å²) in [5, 5.41) is 5.40. The van der Waals surface area contributed by atoms with Gasteiger partial charge >= 0.3 is 0 Å². The number of nitrogens with two attached hydrogens (primary N) is 1. The van der Waals surface area contributed by atoms with Crippen LogP contribution in [0.2, 0.25) is 0 Å². The maximum absolute atomic E-state index is 11.9. The van der Waals surface area contributed by atoms with Crippen molar-refractivity contribution in [2.24, 2.45) is 11.7 Å². The summed E-state index contributed by atoms with van der Waals surface area (Å²) in [6.45, 7) is 0. The van der Waals surface area contributed by atoms with E-state index in [2.05, 4.69) is 10.3 Å². The largest absolute Gasteiger partial charge is 0.369 e. The van der Waals surface area contributed by atoms with Crippen molar-refractivity contribution in [1.82, 2.24) is 4.98 Å². The van der Waals surface area contributed by atoms with Crippen LogP contribution >= 0.6 is 23.1 Å². The van der Waals surface area contributed by atoms with E-state index in [1.54, 1.807) is 0 Å². The fourth-order valence-electron chi connectivity index (χ4n) is 2.33. The Balaban J connectivity index is 1.73. The number of nitrogens with zero attached hydrogens (tertiary/aromatic N) is 1. The van der Waals surface area contributed by atoms with Crippen molar-refractivity contribution in [3.05, 3.63) is 11.1 Å². The van der Waals surface area contributed by atoms with E-state index >= 15 is 0 Å². The highest BCUT2D eigenvalue weighted by Gasteiger charge is 2.18. The molecule has 20 heavy (non-hydrogen) atoms. The van der Waals surface area contributed by atoms with Crippen LogP contribution in [0.15, 0.2) is 5.38 Å². The molecule has 5 nitrogen and oxygen atoms in total. The average Bonchev–Trinajstić information content (AvgIpc) is 3.01. The second kappa shape index (κ2) is 7.64. The molecule has 1 fully saturated rings. The van der Waals surface area contributed by atoms with Gasteiger partial charge in [0.1, 0.15) is 0 Å². The summed E-state index contributed by atoms with van der Waals surface area (Å²) in [7, 11) is 0. The van der Waals surface area contributed by atoms with E-state index in [4.69, 9.17) is 5.73 Å². The lowest BCUT2D eigenvalue weighted by Crippen LogP contribution is -2.15. The van der Waals surface area contributed by atoms with Crippen LogP contribution in [0.1, 0.15) is 37.8 Å². The molecule has 1 aliphatic rings. The Morgan fingerprint density at radius 3 is 2.90 bits per heavy atom. The van der Waals surface area contributed by atoms with Crippen molar-refractivity contribution >= 4 is 40.0 Å². The average molecular weight is 313 g/mol. The number of anilines is 1. The second-order valence-corrected chi connectivity index (χ2v) is 6.85. The lowest BCUT2D eigenvalue weighted by atomic mass is 10.0. The van der Waals surface area contributed by atoms with Gasteiger partial charge in [-0.15, -0.1) is 23.1 Å². The van der Waals surface area contributed by atoms with Crippen LogP contribution in [0, 0.1) is 5.92 Å². The zero-order valence-corrected chi connectivity index (χ0v) is 12.9. The highest BCUT2D eigenvalue weighted by atomic mass is 32.2. The molecular weight excluding hydrogens is 294 g/mol. The summed E-state index contributed by atoms with van der Waals surface area (Å²) in [5.41, 5.74) is 5.94. The van der Waals surface area contributed by atoms with E-state index in [0.717, 1.165) is 5.69 Å². The van der Waals surface area contributed by atoms with Crippen molar-refractivity contribution in [3.63, 3.8) is 0 Å².